The topological polar surface area (TPSA) is 49.9 Å². The summed E-state index contributed by atoms with van der Waals surface area (Å²) in [4.78, 5) is 7.74. The molecular weight excluding hydrogens is 306 g/mol. The first kappa shape index (κ1) is 14.1. The smallest absolute Gasteiger partial charge is 0.175 e. The zero-order chi connectivity index (χ0) is 14.0. The predicted octanol–water partition coefficient (Wildman–Crippen LogP) is 3.18. The highest BCUT2D eigenvalue weighted by molar-refractivity contribution is 9.10. The van der Waals surface area contributed by atoms with Gasteiger partial charge in [0.1, 0.15) is 5.75 Å². The molecule has 0 atom stereocenters. The summed E-state index contributed by atoms with van der Waals surface area (Å²) >= 11 is 3.40. The Morgan fingerprint density at radius 2 is 1.95 bits per heavy atom. The molecule has 0 radical (unpaired) electrons. The van der Waals surface area contributed by atoms with Crippen LogP contribution in [0.1, 0.15) is 16.8 Å². The van der Waals surface area contributed by atoms with E-state index in [1.807, 2.05) is 7.05 Å². The SMILES string of the molecule is CNCc1[nH]c(Br)nc1-c1cc(C)c(OC)c(C)c1. The van der Waals surface area contributed by atoms with Crippen LogP contribution in [0.4, 0.5) is 0 Å². The Hall–Kier alpha value is -1.33. The van der Waals surface area contributed by atoms with E-state index in [0.29, 0.717) is 0 Å². The van der Waals surface area contributed by atoms with E-state index >= 15 is 0 Å². The molecule has 19 heavy (non-hydrogen) atoms. The fourth-order valence-corrected chi connectivity index (χ4v) is 2.75. The highest BCUT2D eigenvalue weighted by atomic mass is 79.9. The van der Waals surface area contributed by atoms with Crippen LogP contribution in [0.3, 0.4) is 0 Å². The number of imidazole rings is 1. The van der Waals surface area contributed by atoms with Crippen molar-refractivity contribution < 1.29 is 4.74 Å². The van der Waals surface area contributed by atoms with Crippen LogP contribution in [0.15, 0.2) is 16.9 Å². The molecule has 0 aliphatic rings. The minimum absolute atomic E-state index is 0.748. The molecule has 5 heteroatoms. The van der Waals surface area contributed by atoms with Gasteiger partial charge in [-0.2, -0.15) is 0 Å². The molecule has 2 N–H and O–H groups in total. The normalized spacial score (nSPS) is 10.8. The second kappa shape index (κ2) is 5.75. The van der Waals surface area contributed by atoms with Crippen LogP contribution in [-0.2, 0) is 6.54 Å². The quantitative estimate of drug-likeness (QED) is 0.908. The summed E-state index contributed by atoms with van der Waals surface area (Å²) < 4.78 is 6.15. The summed E-state index contributed by atoms with van der Waals surface area (Å²) in [5.74, 6) is 0.938. The number of nitrogens with one attached hydrogen (secondary N) is 2. The number of rotatable bonds is 4. The van der Waals surface area contributed by atoms with Gasteiger partial charge in [-0.3, -0.25) is 0 Å². The fourth-order valence-electron chi connectivity index (χ4n) is 2.33. The van der Waals surface area contributed by atoms with Crippen LogP contribution in [-0.4, -0.2) is 24.1 Å². The van der Waals surface area contributed by atoms with Gasteiger partial charge in [-0.05, 0) is 60.1 Å². The van der Waals surface area contributed by atoms with E-state index in [1.54, 1.807) is 7.11 Å². The molecule has 2 rings (SSSR count). The highest BCUT2D eigenvalue weighted by Gasteiger charge is 2.13. The maximum atomic E-state index is 5.40. The molecule has 2 aromatic rings. The van der Waals surface area contributed by atoms with E-state index in [4.69, 9.17) is 4.74 Å². The molecule has 4 nitrogen and oxygen atoms in total. The minimum Gasteiger partial charge on any atom is -0.496 e. The van der Waals surface area contributed by atoms with Crippen molar-refractivity contribution in [2.24, 2.45) is 0 Å². The van der Waals surface area contributed by atoms with Crippen molar-refractivity contribution in [3.8, 4) is 17.0 Å². The van der Waals surface area contributed by atoms with Crippen LogP contribution < -0.4 is 10.1 Å². The Balaban J connectivity index is 2.53. The lowest BCUT2D eigenvalue weighted by Crippen LogP contribution is -2.06. The standard InChI is InChI=1S/C14H18BrN3O/c1-8-5-10(6-9(2)13(8)19-4)12-11(7-16-3)17-14(15)18-12/h5-6,16H,7H2,1-4H3,(H,17,18). The number of aromatic nitrogens is 2. The second-order valence-electron chi connectivity index (χ2n) is 4.53. The number of nitrogens with zero attached hydrogens (tertiary/aromatic N) is 1. The second-order valence-corrected chi connectivity index (χ2v) is 5.28. The zero-order valence-electron chi connectivity index (χ0n) is 11.6. The predicted molar refractivity (Wildman–Crippen MR) is 80.5 cm³/mol. The lowest BCUT2D eigenvalue weighted by Gasteiger charge is -2.11. The van der Waals surface area contributed by atoms with Crippen molar-refractivity contribution in [2.75, 3.05) is 14.2 Å². The third kappa shape index (κ3) is 2.82. The first-order chi connectivity index (χ1) is 9.06. The van der Waals surface area contributed by atoms with Gasteiger partial charge in [-0.1, -0.05) is 0 Å². The van der Waals surface area contributed by atoms with E-state index in [1.165, 1.54) is 0 Å². The van der Waals surface area contributed by atoms with E-state index < -0.39 is 0 Å². The van der Waals surface area contributed by atoms with Gasteiger partial charge in [0.05, 0.1) is 18.5 Å². The van der Waals surface area contributed by atoms with Gasteiger partial charge < -0.3 is 15.0 Å². The Morgan fingerprint density at radius 3 is 2.47 bits per heavy atom. The molecule has 102 valence electrons. The van der Waals surface area contributed by atoms with Gasteiger partial charge in [0, 0.05) is 12.1 Å². The van der Waals surface area contributed by atoms with Crippen molar-refractivity contribution in [3.63, 3.8) is 0 Å². The molecule has 0 unspecified atom stereocenters. The molecule has 1 heterocycles. The average Bonchev–Trinajstić information content (AvgIpc) is 2.70. The average molecular weight is 324 g/mol. The Morgan fingerprint density at radius 1 is 1.32 bits per heavy atom. The van der Waals surface area contributed by atoms with Crippen molar-refractivity contribution in [3.05, 3.63) is 33.7 Å². The zero-order valence-corrected chi connectivity index (χ0v) is 13.2. The fraction of sp³-hybridized carbons (Fsp3) is 0.357. The summed E-state index contributed by atoms with van der Waals surface area (Å²) in [6.45, 7) is 4.85. The van der Waals surface area contributed by atoms with E-state index in [9.17, 15) is 0 Å². The number of aromatic amines is 1. The van der Waals surface area contributed by atoms with Gasteiger partial charge in [0.25, 0.3) is 0 Å². The Labute approximate surface area is 121 Å². The number of benzene rings is 1. The van der Waals surface area contributed by atoms with Gasteiger partial charge in [0.2, 0.25) is 0 Å². The van der Waals surface area contributed by atoms with Crippen molar-refractivity contribution in [1.82, 2.24) is 15.3 Å². The van der Waals surface area contributed by atoms with Crippen molar-refractivity contribution in [1.29, 1.82) is 0 Å². The van der Waals surface area contributed by atoms with Gasteiger partial charge in [0.15, 0.2) is 4.73 Å². The first-order valence-electron chi connectivity index (χ1n) is 6.11. The van der Waals surface area contributed by atoms with Crippen LogP contribution in [0.2, 0.25) is 0 Å². The maximum Gasteiger partial charge on any atom is 0.175 e. The van der Waals surface area contributed by atoms with E-state index in [-0.39, 0.29) is 0 Å². The largest absolute Gasteiger partial charge is 0.496 e. The van der Waals surface area contributed by atoms with Crippen LogP contribution >= 0.6 is 15.9 Å². The lowest BCUT2D eigenvalue weighted by atomic mass is 10.0. The molecule has 1 aromatic heterocycles. The molecule has 1 aromatic carbocycles. The molecule has 0 saturated heterocycles. The van der Waals surface area contributed by atoms with Crippen LogP contribution in [0.5, 0.6) is 5.75 Å². The molecule has 0 aliphatic carbocycles. The maximum absolute atomic E-state index is 5.40. The molecule has 0 fully saturated rings. The molecule has 0 bridgehead atoms. The molecular formula is C14H18BrN3O. The van der Waals surface area contributed by atoms with Crippen LogP contribution in [0.25, 0.3) is 11.3 Å². The minimum atomic E-state index is 0.748. The number of ether oxygens (including phenoxy) is 1. The highest BCUT2D eigenvalue weighted by Crippen LogP contribution is 2.31. The Bertz CT molecular complexity index is 569. The number of aryl methyl sites for hydroxylation is 2. The van der Waals surface area contributed by atoms with E-state index in [2.05, 4.69) is 57.2 Å². The number of H-pyrrole nitrogens is 1. The lowest BCUT2D eigenvalue weighted by molar-refractivity contribution is 0.408. The molecule has 0 saturated carbocycles. The molecule has 0 aliphatic heterocycles. The Kier molecular flexibility index (Phi) is 4.27. The van der Waals surface area contributed by atoms with E-state index in [0.717, 1.165) is 45.1 Å². The molecule has 0 spiro atoms. The summed E-state index contributed by atoms with van der Waals surface area (Å²) in [7, 11) is 3.62. The van der Waals surface area contributed by atoms with Crippen LogP contribution in [0, 0.1) is 13.8 Å². The summed E-state index contributed by atoms with van der Waals surface area (Å²) in [5, 5.41) is 3.14. The third-order valence-electron chi connectivity index (χ3n) is 3.04. The summed E-state index contributed by atoms with van der Waals surface area (Å²) in [6.07, 6.45) is 0. The number of hydrogen-bond acceptors (Lipinski definition) is 3. The summed E-state index contributed by atoms with van der Waals surface area (Å²) in [6, 6.07) is 4.21. The summed E-state index contributed by atoms with van der Waals surface area (Å²) in [5.41, 5.74) is 5.37. The first-order valence-corrected chi connectivity index (χ1v) is 6.90. The third-order valence-corrected chi connectivity index (χ3v) is 3.42. The van der Waals surface area contributed by atoms with Crippen molar-refractivity contribution in [2.45, 2.75) is 20.4 Å². The van der Waals surface area contributed by atoms with Crippen molar-refractivity contribution >= 4 is 15.9 Å². The monoisotopic (exact) mass is 323 g/mol. The van der Waals surface area contributed by atoms with Gasteiger partial charge >= 0.3 is 0 Å². The molecule has 0 amide bonds. The number of halogens is 1. The number of hydrogen-bond donors (Lipinski definition) is 2. The van der Waals surface area contributed by atoms with Gasteiger partial charge in [-0.15, -0.1) is 0 Å². The van der Waals surface area contributed by atoms with Gasteiger partial charge in [-0.25, -0.2) is 4.98 Å². The number of methoxy groups -OCH3 is 1.